The molecule has 30 heavy (non-hydrogen) atoms. The first-order valence-electron chi connectivity index (χ1n) is 11.1. The van der Waals surface area contributed by atoms with Crippen LogP contribution in [-0.2, 0) is 4.79 Å². The zero-order chi connectivity index (χ0) is 21.4. The van der Waals surface area contributed by atoms with E-state index in [1.54, 1.807) is 0 Å². The first kappa shape index (κ1) is 21.6. The van der Waals surface area contributed by atoms with E-state index in [2.05, 4.69) is 10.2 Å². The van der Waals surface area contributed by atoms with Crippen LogP contribution in [0, 0.1) is 17.2 Å². The molecule has 166 valence electrons. The summed E-state index contributed by atoms with van der Waals surface area (Å²) in [5.41, 5.74) is -1.08. The number of alkyl halides is 3. The van der Waals surface area contributed by atoms with Crippen LogP contribution in [0.25, 0.3) is 0 Å². The zero-order valence-electron chi connectivity index (χ0n) is 17.2. The van der Waals surface area contributed by atoms with Gasteiger partial charge in [-0.25, -0.2) is 17.6 Å². The van der Waals surface area contributed by atoms with Crippen molar-refractivity contribution >= 4 is 11.6 Å². The summed E-state index contributed by atoms with van der Waals surface area (Å²) >= 11 is 0. The maximum Gasteiger partial charge on any atom is 0.264 e. The Morgan fingerprint density at radius 2 is 1.77 bits per heavy atom. The van der Waals surface area contributed by atoms with Crippen LogP contribution in [0.4, 0.5) is 23.2 Å². The Balaban J connectivity index is 1.23. The Hall–Kier alpha value is -1.63. The topological polar surface area (TPSA) is 32.3 Å². The minimum atomic E-state index is -2.78. The maximum atomic E-state index is 14.5. The fourth-order valence-electron chi connectivity index (χ4n) is 5.54. The lowest BCUT2D eigenvalue weighted by molar-refractivity contribution is -0.123. The zero-order valence-corrected chi connectivity index (χ0v) is 17.2. The summed E-state index contributed by atoms with van der Waals surface area (Å²) < 4.78 is 53.8. The Labute approximate surface area is 175 Å². The molecule has 0 bridgehead atoms. The average molecular weight is 426 g/mol. The summed E-state index contributed by atoms with van der Waals surface area (Å²) in [4.78, 5) is 14.9. The summed E-state index contributed by atoms with van der Waals surface area (Å²) in [5, 5.41) is 2.61. The van der Waals surface area contributed by atoms with E-state index in [1.807, 2.05) is 0 Å². The highest BCUT2D eigenvalue weighted by Gasteiger charge is 2.46. The number of carbonyl (C=O) groups is 1. The number of rotatable bonds is 6. The SMILES string of the molecule is O=C(Nc1cc(F)cc(C(F)F)c1)C1CCC2(CC1)CN(CCC1(F)CCCC1)C2. The van der Waals surface area contributed by atoms with E-state index >= 15 is 0 Å². The monoisotopic (exact) mass is 426 g/mol. The summed E-state index contributed by atoms with van der Waals surface area (Å²) in [7, 11) is 0. The molecule has 1 aromatic rings. The lowest BCUT2D eigenvalue weighted by Gasteiger charge is -2.54. The predicted molar refractivity (Wildman–Crippen MR) is 108 cm³/mol. The molecule has 3 fully saturated rings. The van der Waals surface area contributed by atoms with Crippen LogP contribution in [0.5, 0.6) is 0 Å². The molecule has 0 unspecified atom stereocenters. The van der Waals surface area contributed by atoms with Gasteiger partial charge < -0.3 is 10.2 Å². The van der Waals surface area contributed by atoms with Crippen LogP contribution in [0.2, 0.25) is 0 Å². The van der Waals surface area contributed by atoms with Crippen molar-refractivity contribution in [2.24, 2.45) is 11.3 Å². The fourth-order valence-corrected chi connectivity index (χ4v) is 5.54. The molecule has 3 nitrogen and oxygen atoms in total. The smallest absolute Gasteiger partial charge is 0.264 e. The largest absolute Gasteiger partial charge is 0.326 e. The van der Waals surface area contributed by atoms with Gasteiger partial charge in [0.05, 0.1) is 0 Å². The van der Waals surface area contributed by atoms with Gasteiger partial charge in [0.25, 0.3) is 6.43 Å². The van der Waals surface area contributed by atoms with Gasteiger partial charge in [-0.1, -0.05) is 12.8 Å². The van der Waals surface area contributed by atoms with Crippen LogP contribution >= 0.6 is 0 Å². The summed E-state index contributed by atoms with van der Waals surface area (Å²) in [6, 6.07) is 2.98. The fraction of sp³-hybridized carbons (Fsp3) is 0.696. The molecule has 0 atom stereocenters. The second kappa shape index (κ2) is 8.48. The molecule has 1 amide bonds. The van der Waals surface area contributed by atoms with Gasteiger partial charge in [0.15, 0.2) is 0 Å². The summed E-state index contributed by atoms with van der Waals surface area (Å²) in [6.07, 6.45) is 4.61. The van der Waals surface area contributed by atoms with E-state index in [0.29, 0.717) is 19.3 Å². The number of benzene rings is 1. The number of halogens is 4. The highest BCUT2D eigenvalue weighted by molar-refractivity contribution is 5.92. The Morgan fingerprint density at radius 3 is 2.40 bits per heavy atom. The third-order valence-electron chi connectivity index (χ3n) is 7.35. The minimum absolute atomic E-state index is 0.0810. The van der Waals surface area contributed by atoms with Crippen LogP contribution in [0.3, 0.4) is 0 Å². The summed E-state index contributed by atoms with van der Waals surface area (Å²) in [6.45, 7) is 2.76. The molecule has 2 aliphatic carbocycles. The average Bonchev–Trinajstić information content (AvgIpc) is 3.11. The Bertz CT molecular complexity index is 762. The van der Waals surface area contributed by atoms with E-state index in [-0.39, 0.29) is 22.9 Å². The standard InChI is InChI=1S/C23H30F4N2O/c24-18-11-17(20(25)26)12-19(13-18)28-21(30)16-3-7-22(8-4-16)14-29(15-22)10-9-23(27)5-1-2-6-23/h11-13,16,20H,1-10,14-15H2,(H,28,30). The molecule has 1 spiro atoms. The number of amides is 1. The highest BCUT2D eigenvalue weighted by Crippen LogP contribution is 2.46. The number of anilines is 1. The van der Waals surface area contributed by atoms with Crippen molar-refractivity contribution < 1.29 is 22.4 Å². The van der Waals surface area contributed by atoms with Crippen molar-refractivity contribution in [3.8, 4) is 0 Å². The first-order chi connectivity index (χ1) is 14.3. The lowest BCUT2D eigenvalue weighted by Crippen LogP contribution is -2.58. The van der Waals surface area contributed by atoms with Crippen LogP contribution < -0.4 is 5.32 Å². The molecule has 1 heterocycles. The van der Waals surface area contributed by atoms with Crippen molar-refractivity contribution in [2.75, 3.05) is 25.0 Å². The molecule has 1 saturated heterocycles. The van der Waals surface area contributed by atoms with Gasteiger partial charge in [-0.05, 0) is 68.6 Å². The Kier molecular flexibility index (Phi) is 6.11. The summed E-state index contributed by atoms with van der Waals surface area (Å²) in [5.74, 6) is -1.20. The Morgan fingerprint density at radius 1 is 1.10 bits per heavy atom. The lowest BCUT2D eigenvalue weighted by atomic mass is 9.65. The number of likely N-dealkylation sites (tertiary alicyclic amines) is 1. The number of nitrogens with zero attached hydrogens (tertiary/aromatic N) is 1. The van der Waals surface area contributed by atoms with Crippen molar-refractivity contribution in [1.82, 2.24) is 4.90 Å². The molecular formula is C23H30F4N2O. The molecule has 0 radical (unpaired) electrons. The first-order valence-corrected chi connectivity index (χ1v) is 11.1. The van der Waals surface area contributed by atoms with Gasteiger partial charge in [-0.3, -0.25) is 4.79 Å². The molecular weight excluding hydrogens is 396 g/mol. The molecule has 1 N–H and O–H groups in total. The number of carbonyl (C=O) groups excluding carboxylic acids is 1. The normalized spacial score (nSPS) is 23.6. The van der Waals surface area contributed by atoms with E-state index in [1.165, 1.54) is 0 Å². The number of nitrogens with one attached hydrogen (secondary N) is 1. The van der Waals surface area contributed by atoms with Gasteiger partial charge in [0, 0.05) is 36.8 Å². The highest BCUT2D eigenvalue weighted by atomic mass is 19.3. The third-order valence-corrected chi connectivity index (χ3v) is 7.35. The molecule has 3 aliphatic rings. The molecule has 1 aromatic carbocycles. The predicted octanol–water partition coefficient (Wildman–Crippen LogP) is 5.87. The quantitative estimate of drug-likeness (QED) is 0.578. The van der Waals surface area contributed by atoms with Crippen molar-refractivity contribution in [3.63, 3.8) is 0 Å². The van der Waals surface area contributed by atoms with Crippen LogP contribution in [0.15, 0.2) is 18.2 Å². The van der Waals surface area contributed by atoms with Gasteiger partial charge in [0.2, 0.25) is 5.91 Å². The van der Waals surface area contributed by atoms with Gasteiger partial charge >= 0.3 is 0 Å². The van der Waals surface area contributed by atoms with Crippen molar-refractivity contribution in [3.05, 3.63) is 29.6 Å². The molecule has 4 rings (SSSR count). The molecule has 1 aliphatic heterocycles. The van der Waals surface area contributed by atoms with E-state index < -0.39 is 23.5 Å². The maximum absolute atomic E-state index is 14.5. The second-order valence-electron chi connectivity index (χ2n) is 9.66. The minimum Gasteiger partial charge on any atom is -0.326 e. The van der Waals surface area contributed by atoms with E-state index in [0.717, 1.165) is 76.4 Å². The van der Waals surface area contributed by atoms with Crippen molar-refractivity contribution in [1.29, 1.82) is 0 Å². The van der Waals surface area contributed by atoms with Crippen LogP contribution in [-0.4, -0.2) is 36.1 Å². The van der Waals surface area contributed by atoms with Crippen molar-refractivity contribution in [2.45, 2.75) is 69.9 Å². The number of hydrogen-bond donors (Lipinski definition) is 1. The molecule has 7 heteroatoms. The van der Waals surface area contributed by atoms with E-state index in [4.69, 9.17) is 0 Å². The van der Waals surface area contributed by atoms with Crippen LogP contribution in [0.1, 0.15) is 69.8 Å². The second-order valence-corrected chi connectivity index (χ2v) is 9.66. The van der Waals surface area contributed by atoms with Gasteiger partial charge in [0.1, 0.15) is 11.5 Å². The van der Waals surface area contributed by atoms with Gasteiger partial charge in [-0.2, -0.15) is 0 Å². The molecule has 2 saturated carbocycles. The van der Waals surface area contributed by atoms with Gasteiger partial charge in [-0.15, -0.1) is 0 Å². The number of hydrogen-bond acceptors (Lipinski definition) is 2. The molecule has 0 aromatic heterocycles. The van der Waals surface area contributed by atoms with E-state index in [9.17, 15) is 22.4 Å². The third kappa shape index (κ3) is 4.82.